The van der Waals surface area contributed by atoms with Gasteiger partial charge in [0.05, 0.1) is 5.69 Å². The Morgan fingerprint density at radius 3 is 2.71 bits per heavy atom. The van der Waals surface area contributed by atoms with E-state index in [4.69, 9.17) is 9.97 Å². The average molecular weight is 478 g/mol. The van der Waals surface area contributed by atoms with Gasteiger partial charge in [-0.2, -0.15) is 10.1 Å². The van der Waals surface area contributed by atoms with Crippen molar-refractivity contribution in [3.63, 3.8) is 0 Å². The van der Waals surface area contributed by atoms with Crippen molar-refractivity contribution >= 4 is 23.5 Å². The summed E-state index contributed by atoms with van der Waals surface area (Å²) in [6.07, 6.45) is 12.1. The van der Waals surface area contributed by atoms with Gasteiger partial charge in [0.15, 0.2) is 5.82 Å². The Morgan fingerprint density at radius 2 is 1.91 bits per heavy atom. The number of carbonyl (C=O) groups excluding carboxylic acids is 1. The molecule has 2 unspecified atom stereocenters. The molecule has 188 valence electrons. The van der Waals surface area contributed by atoms with E-state index in [1.165, 1.54) is 36.9 Å². The fourth-order valence-corrected chi connectivity index (χ4v) is 6.67. The summed E-state index contributed by atoms with van der Waals surface area (Å²) in [5.74, 6) is 3.20. The summed E-state index contributed by atoms with van der Waals surface area (Å²) < 4.78 is 0. The monoisotopic (exact) mass is 477 g/mol. The van der Waals surface area contributed by atoms with Gasteiger partial charge in [0.1, 0.15) is 11.9 Å². The van der Waals surface area contributed by atoms with Gasteiger partial charge in [-0.25, -0.2) is 4.98 Å². The number of fused-ring (bicyclic) bond motifs is 1. The van der Waals surface area contributed by atoms with Gasteiger partial charge in [-0.05, 0) is 76.0 Å². The van der Waals surface area contributed by atoms with Crippen molar-refractivity contribution in [2.75, 3.05) is 29.9 Å². The van der Waals surface area contributed by atoms with E-state index in [2.05, 4.69) is 45.2 Å². The van der Waals surface area contributed by atoms with E-state index in [0.717, 1.165) is 81.9 Å². The van der Waals surface area contributed by atoms with Gasteiger partial charge in [-0.15, -0.1) is 0 Å². The van der Waals surface area contributed by atoms with Crippen LogP contribution in [0, 0.1) is 5.41 Å². The zero-order chi connectivity index (χ0) is 24.0. The van der Waals surface area contributed by atoms with Crippen LogP contribution in [0.2, 0.25) is 0 Å². The van der Waals surface area contributed by atoms with Crippen LogP contribution in [-0.2, 0) is 17.6 Å². The van der Waals surface area contributed by atoms with Crippen molar-refractivity contribution in [3.05, 3.63) is 23.0 Å². The van der Waals surface area contributed by atoms with Crippen molar-refractivity contribution in [2.45, 2.75) is 96.4 Å². The molecular formula is C27H39N7O. The summed E-state index contributed by atoms with van der Waals surface area (Å²) in [5.41, 5.74) is 3.96. The lowest BCUT2D eigenvalue weighted by Crippen LogP contribution is -2.48. The Morgan fingerprint density at radius 1 is 1.06 bits per heavy atom. The van der Waals surface area contributed by atoms with Gasteiger partial charge in [0.2, 0.25) is 11.9 Å². The molecule has 2 aromatic heterocycles. The molecule has 2 N–H and O–H groups in total. The predicted molar refractivity (Wildman–Crippen MR) is 137 cm³/mol. The molecule has 8 heteroatoms. The SMILES string of the molecule is CC1(C)CCC(c2cc(Nc3nc(N4CCCC4C(=O)N4CCCCC4)nc4c3CCC4)n[nH]2)C1. The number of likely N-dealkylation sites (tertiary alicyclic amines) is 1. The lowest BCUT2D eigenvalue weighted by atomic mass is 9.90. The van der Waals surface area contributed by atoms with Crippen LogP contribution >= 0.6 is 0 Å². The summed E-state index contributed by atoms with van der Waals surface area (Å²) >= 11 is 0. The molecule has 0 spiro atoms. The van der Waals surface area contributed by atoms with Gasteiger partial charge in [-0.1, -0.05) is 13.8 Å². The molecule has 1 saturated carbocycles. The molecule has 8 nitrogen and oxygen atoms in total. The van der Waals surface area contributed by atoms with Crippen LogP contribution in [0.3, 0.4) is 0 Å². The van der Waals surface area contributed by atoms with Crippen LogP contribution < -0.4 is 10.2 Å². The maximum Gasteiger partial charge on any atom is 0.245 e. The Kier molecular flexibility index (Phi) is 5.93. The number of piperidine rings is 1. The first kappa shape index (κ1) is 22.8. The van der Waals surface area contributed by atoms with Crippen molar-refractivity contribution in [2.24, 2.45) is 5.41 Å². The van der Waals surface area contributed by atoms with E-state index in [1.54, 1.807) is 0 Å². The van der Waals surface area contributed by atoms with Crippen LogP contribution in [0.1, 0.15) is 94.5 Å². The molecule has 3 fully saturated rings. The molecule has 4 heterocycles. The summed E-state index contributed by atoms with van der Waals surface area (Å²) in [6.45, 7) is 7.33. The molecule has 2 saturated heterocycles. The Hall–Kier alpha value is -2.64. The number of aryl methyl sites for hydroxylation is 1. The molecular weight excluding hydrogens is 438 g/mol. The number of hydrogen-bond donors (Lipinski definition) is 2. The second-order valence-electron chi connectivity index (χ2n) is 11.8. The fraction of sp³-hybridized carbons (Fsp3) is 0.704. The number of nitrogens with one attached hydrogen (secondary N) is 2. The van der Waals surface area contributed by atoms with E-state index in [9.17, 15) is 4.79 Å². The summed E-state index contributed by atoms with van der Waals surface area (Å²) in [4.78, 5) is 27.6. The molecule has 2 atom stereocenters. The van der Waals surface area contributed by atoms with Crippen molar-refractivity contribution in [3.8, 4) is 0 Å². The number of H-pyrrole nitrogens is 1. The first-order chi connectivity index (χ1) is 17.0. The van der Waals surface area contributed by atoms with E-state index < -0.39 is 0 Å². The number of anilines is 3. The van der Waals surface area contributed by atoms with E-state index in [0.29, 0.717) is 17.3 Å². The normalized spacial score (nSPS) is 25.8. The quantitative estimate of drug-likeness (QED) is 0.648. The van der Waals surface area contributed by atoms with Gasteiger partial charge < -0.3 is 15.1 Å². The second kappa shape index (κ2) is 9.10. The third-order valence-corrected chi connectivity index (χ3v) is 8.64. The summed E-state index contributed by atoms with van der Waals surface area (Å²) in [6, 6.07) is 2.02. The Balaban J connectivity index is 1.24. The fourth-order valence-electron chi connectivity index (χ4n) is 6.67. The highest BCUT2D eigenvalue weighted by Gasteiger charge is 2.37. The zero-order valence-corrected chi connectivity index (χ0v) is 21.3. The maximum absolute atomic E-state index is 13.4. The molecule has 2 aliphatic carbocycles. The lowest BCUT2D eigenvalue weighted by Gasteiger charge is -2.32. The number of hydrogen-bond acceptors (Lipinski definition) is 6. The number of amides is 1. The second-order valence-corrected chi connectivity index (χ2v) is 11.8. The highest BCUT2D eigenvalue weighted by atomic mass is 16.2. The molecule has 2 aliphatic heterocycles. The van der Waals surface area contributed by atoms with Gasteiger partial charge in [-0.3, -0.25) is 9.89 Å². The van der Waals surface area contributed by atoms with Crippen LogP contribution in [0.15, 0.2) is 6.07 Å². The largest absolute Gasteiger partial charge is 0.341 e. The smallest absolute Gasteiger partial charge is 0.245 e. The van der Waals surface area contributed by atoms with Crippen LogP contribution in [-0.4, -0.2) is 56.6 Å². The van der Waals surface area contributed by atoms with E-state index in [1.807, 2.05) is 0 Å². The highest BCUT2D eigenvalue weighted by molar-refractivity contribution is 5.85. The first-order valence-corrected chi connectivity index (χ1v) is 13.7. The molecule has 0 bridgehead atoms. The number of rotatable bonds is 5. The maximum atomic E-state index is 13.4. The number of aromatic amines is 1. The number of aromatic nitrogens is 4. The average Bonchev–Trinajstić information content (AvgIpc) is 3.65. The third-order valence-electron chi connectivity index (χ3n) is 8.64. The number of carbonyl (C=O) groups is 1. The standard InChI is InChI=1S/C27H39N7O/c1-27(2)12-11-18(17-27)21-16-23(32-31-21)29-24-19-8-6-9-20(19)28-26(30-24)34-15-7-10-22(34)25(35)33-13-4-3-5-14-33/h16,18,22H,3-15,17H2,1-2H3,(H2,28,29,30,31,32). The molecule has 0 radical (unpaired) electrons. The first-order valence-electron chi connectivity index (χ1n) is 13.7. The highest BCUT2D eigenvalue weighted by Crippen LogP contribution is 2.45. The Labute approximate surface area is 208 Å². The van der Waals surface area contributed by atoms with Crippen molar-refractivity contribution < 1.29 is 4.79 Å². The van der Waals surface area contributed by atoms with Gasteiger partial charge in [0, 0.05) is 42.9 Å². The van der Waals surface area contributed by atoms with Crippen molar-refractivity contribution in [1.29, 1.82) is 0 Å². The summed E-state index contributed by atoms with van der Waals surface area (Å²) in [5, 5.41) is 11.4. The predicted octanol–water partition coefficient (Wildman–Crippen LogP) is 4.71. The lowest BCUT2D eigenvalue weighted by molar-refractivity contribution is -0.133. The summed E-state index contributed by atoms with van der Waals surface area (Å²) in [7, 11) is 0. The molecule has 6 rings (SSSR count). The molecule has 1 amide bonds. The molecule has 0 aromatic carbocycles. The molecule has 2 aromatic rings. The topological polar surface area (TPSA) is 90.0 Å². The van der Waals surface area contributed by atoms with Gasteiger partial charge >= 0.3 is 0 Å². The van der Waals surface area contributed by atoms with E-state index in [-0.39, 0.29) is 11.9 Å². The minimum atomic E-state index is -0.136. The van der Waals surface area contributed by atoms with E-state index >= 15 is 0 Å². The molecule has 4 aliphatic rings. The van der Waals surface area contributed by atoms with Gasteiger partial charge in [0.25, 0.3) is 0 Å². The minimum absolute atomic E-state index is 0.136. The minimum Gasteiger partial charge on any atom is -0.341 e. The van der Waals surface area contributed by atoms with Crippen LogP contribution in [0.5, 0.6) is 0 Å². The van der Waals surface area contributed by atoms with Crippen LogP contribution in [0.25, 0.3) is 0 Å². The number of nitrogens with zero attached hydrogens (tertiary/aromatic N) is 5. The Bertz CT molecular complexity index is 1090. The molecule has 35 heavy (non-hydrogen) atoms. The third kappa shape index (κ3) is 4.52. The zero-order valence-electron chi connectivity index (χ0n) is 21.3. The van der Waals surface area contributed by atoms with Crippen molar-refractivity contribution in [1.82, 2.24) is 25.1 Å². The van der Waals surface area contributed by atoms with Crippen LogP contribution in [0.4, 0.5) is 17.6 Å².